The standard InChI is InChI=1S/C8H6O2/c9-6-5-7-3-1-2-4-8(7)10/h1-4,9-10H. The van der Waals surface area contributed by atoms with E-state index >= 15 is 0 Å². The summed E-state index contributed by atoms with van der Waals surface area (Å²) in [6.45, 7) is 0. The number of hydrogen-bond acceptors (Lipinski definition) is 2. The Hall–Kier alpha value is -1.62. The highest BCUT2D eigenvalue weighted by atomic mass is 16.3. The SMILES string of the molecule is OC#Cc1ccccc1O. The van der Waals surface area contributed by atoms with Crippen molar-refractivity contribution in [2.75, 3.05) is 0 Å². The maximum absolute atomic E-state index is 9.03. The smallest absolute Gasteiger partial charge is 0.131 e. The van der Waals surface area contributed by atoms with Crippen LogP contribution in [0.25, 0.3) is 0 Å². The molecule has 2 nitrogen and oxygen atoms in total. The van der Waals surface area contributed by atoms with E-state index in [2.05, 4.69) is 5.92 Å². The third kappa shape index (κ3) is 1.20. The fourth-order valence-electron chi connectivity index (χ4n) is 0.640. The predicted molar refractivity (Wildman–Crippen MR) is 36.9 cm³/mol. The van der Waals surface area contributed by atoms with Crippen LogP contribution in [0.5, 0.6) is 5.75 Å². The Kier molecular flexibility index (Phi) is 1.81. The summed E-state index contributed by atoms with van der Waals surface area (Å²) < 4.78 is 0. The molecule has 0 aliphatic heterocycles. The van der Waals surface area contributed by atoms with Gasteiger partial charge in [0.15, 0.2) is 0 Å². The van der Waals surface area contributed by atoms with Crippen LogP contribution in [0.4, 0.5) is 0 Å². The van der Waals surface area contributed by atoms with Gasteiger partial charge in [-0.05, 0) is 18.1 Å². The molecule has 2 N–H and O–H groups in total. The first-order valence-electron chi connectivity index (χ1n) is 2.77. The minimum Gasteiger partial charge on any atom is -0.507 e. The fraction of sp³-hybridized carbons (Fsp3) is 0. The number of rotatable bonds is 0. The quantitative estimate of drug-likeness (QED) is 0.521. The van der Waals surface area contributed by atoms with Crippen molar-refractivity contribution >= 4 is 0 Å². The van der Waals surface area contributed by atoms with Gasteiger partial charge in [-0.25, -0.2) is 0 Å². The van der Waals surface area contributed by atoms with E-state index in [0.29, 0.717) is 5.56 Å². The normalized spacial score (nSPS) is 8.00. The summed E-state index contributed by atoms with van der Waals surface area (Å²) in [5.41, 5.74) is 0.435. The topological polar surface area (TPSA) is 40.5 Å². The predicted octanol–water partition coefficient (Wildman–Crippen LogP) is 1.07. The van der Waals surface area contributed by atoms with Crippen LogP contribution < -0.4 is 0 Å². The molecule has 0 saturated heterocycles. The van der Waals surface area contributed by atoms with Crippen molar-refractivity contribution in [2.24, 2.45) is 0 Å². The monoisotopic (exact) mass is 134 g/mol. The second-order valence-corrected chi connectivity index (χ2v) is 1.75. The summed E-state index contributed by atoms with van der Waals surface area (Å²) in [4.78, 5) is 0. The molecule has 0 aliphatic rings. The van der Waals surface area contributed by atoms with Crippen molar-refractivity contribution in [1.82, 2.24) is 0 Å². The van der Waals surface area contributed by atoms with E-state index in [1.807, 2.05) is 0 Å². The number of phenolic OH excluding ortho intramolecular Hbond substituents is 1. The molecular weight excluding hydrogens is 128 g/mol. The molecule has 0 amide bonds. The lowest BCUT2D eigenvalue weighted by atomic mass is 10.2. The minimum atomic E-state index is 0.0871. The van der Waals surface area contributed by atoms with Crippen molar-refractivity contribution in [2.45, 2.75) is 0 Å². The van der Waals surface area contributed by atoms with Crippen molar-refractivity contribution < 1.29 is 10.2 Å². The highest BCUT2D eigenvalue weighted by Gasteiger charge is 1.92. The Morgan fingerprint density at radius 3 is 2.50 bits per heavy atom. The number of hydrogen-bond donors (Lipinski definition) is 2. The van der Waals surface area contributed by atoms with E-state index in [1.54, 1.807) is 24.3 Å². The Bertz CT molecular complexity index is 281. The average Bonchev–Trinajstić information content (AvgIpc) is 1.94. The molecule has 0 atom stereocenters. The average molecular weight is 134 g/mol. The number of aliphatic hydroxyl groups excluding tert-OH is 1. The summed E-state index contributed by atoms with van der Waals surface area (Å²) in [7, 11) is 0. The van der Waals surface area contributed by atoms with Crippen LogP contribution >= 0.6 is 0 Å². The van der Waals surface area contributed by atoms with Crippen molar-refractivity contribution in [3.8, 4) is 17.8 Å². The van der Waals surface area contributed by atoms with Gasteiger partial charge in [0.05, 0.1) is 5.56 Å². The van der Waals surface area contributed by atoms with E-state index in [9.17, 15) is 0 Å². The van der Waals surface area contributed by atoms with Gasteiger partial charge < -0.3 is 10.2 Å². The maximum Gasteiger partial charge on any atom is 0.131 e. The molecule has 0 aromatic heterocycles. The van der Waals surface area contributed by atoms with Gasteiger partial charge in [-0.1, -0.05) is 12.1 Å². The number of aliphatic hydroxyl groups is 1. The van der Waals surface area contributed by atoms with Gasteiger partial charge >= 0.3 is 0 Å². The zero-order valence-corrected chi connectivity index (χ0v) is 5.20. The summed E-state index contributed by atoms with van der Waals surface area (Å²) >= 11 is 0. The van der Waals surface area contributed by atoms with E-state index < -0.39 is 0 Å². The third-order valence-corrected chi connectivity index (χ3v) is 1.09. The number of para-hydroxylation sites is 1. The second-order valence-electron chi connectivity index (χ2n) is 1.75. The molecule has 0 bridgehead atoms. The molecule has 0 heterocycles. The molecule has 0 spiro atoms. The van der Waals surface area contributed by atoms with Crippen LogP contribution in [0.2, 0.25) is 0 Å². The lowest BCUT2D eigenvalue weighted by molar-refractivity contribution is 0.473. The van der Waals surface area contributed by atoms with Gasteiger partial charge in [0.2, 0.25) is 0 Å². The van der Waals surface area contributed by atoms with Crippen LogP contribution in [-0.2, 0) is 0 Å². The molecular formula is C8H6O2. The zero-order chi connectivity index (χ0) is 7.40. The van der Waals surface area contributed by atoms with Crippen LogP contribution in [0, 0.1) is 12.0 Å². The zero-order valence-electron chi connectivity index (χ0n) is 5.20. The van der Waals surface area contributed by atoms with Crippen LogP contribution in [0.3, 0.4) is 0 Å². The highest BCUT2D eigenvalue weighted by Crippen LogP contribution is 2.12. The molecule has 0 radical (unpaired) electrons. The molecule has 0 aliphatic carbocycles. The van der Waals surface area contributed by atoms with E-state index in [1.165, 1.54) is 6.07 Å². The first-order chi connectivity index (χ1) is 4.84. The second kappa shape index (κ2) is 2.79. The van der Waals surface area contributed by atoms with Gasteiger partial charge in [-0.3, -0.25) is 0 Å². The highest BCUT2D eigenvalue weighted by molar-refractivity contribution is 5.43. The van der Waals surface area contributed by atoms with E-state index in [0.717, 1.165) is 0 Å². The molecule has 0 saturated carbocycles. The molecule has 50 valence electrons. The fourth-order valence-corrected chi connectivity index (χ4v) is 0.640. The molecule has 2 heteroatoms. The number of benzene rings is 1. The van der Waals surface area contributed by atoms with Crippen LogP contribution in [-0.4, -0.2) is 10.2 Å². The van der Waals surface area contributed by atoms with Crippen LogP contribution in [0.1, 0.15) is 5.56 Å². The van der Waals surface area contributed by atoms with E-state index in [4.69, 9.17) is 10.2 Å². The Balaban J connectivity index is 3.11. The largest absolute Gasteiger partial charge is 0.507 e. The third-order valence-electron chi connectivity index (χ3n) is 1.09. The maximum atomic E-state index is 9.03. The van der Waals surface area contributed by atoms with Gasteiger partial charge in [0.1, 0.15) is 11.9 Å². The van der Waals surface area contributed by atoms with Crippen molar-refractivity contribution in [3.63, 3.8) is 0 Å². The summed E-state index contributed by atoms with van der Waals surface area (Å²) in [6, 6.07) is 6.56. The molecule has 1 aromatic carbocycles. The minimum absolute atomic E-state index is 0.0871. The molecule has 1 rings (SSSR count). The molecule has 0 unspecified atom stereocenters. The molecule has 1 aromatic rings. The Labute approximate surface area is 58.7 Å². The lowest BCUT2D eigenvalue weighted by Crippen LogP contribution is -1.73. The summed E-state index contributed by atoms with van der Waals surface area (Å²) in [6.07, 6.45) is 1.71. The first-order valence-corrected chi connectivity index (χ1v) is 2.77. The Morgan fingerprint density at radius 2 is 1.90 bits per heavy atom. The van der Waals surface area contributed by atoms with Gasteiger partial charge in [-0.15, -0.1) is 0 Å². The van der Waals surface area contributed by atoms with E-state index in [-0.39, 0.29) is 5.75 Å². The van der Waals surface area contributed by atoms with Crippen molar-refractivity contribution in [1.29, 1.82) is 0 Å². The van der Waals surface area contributed by atoms with Gasteiger partial charge in [0, 0.05) is 0 Å². The van der Waals surface area contributed by atoms with Crippen molar-refractivity contribution in [3.05, 3.63) is 29.8 Å². The first kappa shape index (κ1) is 6.50. The van der Waals surface area contributed by atoms with Gasteiger partial charge in [-0.2, -0.15) is 0 Å². The summed E-state index contributed by atoms with van der Waals surface area (Å²) in [5.74, 6) is 2.42. The number of aromatic hydroxyl groups is 1. The number of phenols is 1. The van der Waals surface area contributed by atoms with Gasteiger partial charge in [0.25, 0.3) is 0 Å². The molecule has 0 fully saturated rings. The van der Waals surface area contributed by atoms with Crippen LogP contribution in [0.15, 0.2) is 24.3 Å². The Morgan fingerprint density at radius 1 is 1.20 bits per heavy atom. The molecule has 10 heavy (non-hydrogen) atoms. The summed E-state index contributed by atoms with van der Waals surface area (Å²) in [5, 5.41) is 17.2. The lowest BCUT2D eigenvalue weighted by Gasteiger charge is -1.91.